The van der Waals surface area contributed by atoms with E-state index in [-0.39, 0.29) is 60.5 Å². The number of hydrogen-bond donors (Lipinski definition) is 2. The zero-order valence-electron chi connectivity index (χ0n) is 36.3. The van der Waals surface area contributed by atoms with Crippen molar-refractivity contribution in [1.82, 2.24) is 53.5 Å². The molecule has 2 N–H and O–H groups in total. The van der Waals surface area contributed by atoms with Crippen LogP contribution in [-0.2, 0) is 16.6 Å². The van der Waals surface area contributed by atoms with Crippen LogP contribution in [0.3, 0.4) is 0 Å². The number of nitrogens with zero attached hydrogens (tertiary/aromatic N) is 11. The number of carbonyl (C=O) groups is 3. The molecule has 350 valence electrons. The molecule has 5 aromatic rings. The van der Waals surface area contributed by atoms with Crippen molar-refractivity contribution < 1.29 is 36.3 Å². The molecule has 1 atom stereocenters. The summed E-state index contributed by atoms with van der Waals surface area (Å²) in [5, 5.41) is 13.4. The molecule has 4 fully saturated rings. The minimum absolute atomic E-state index is 0.0539. The number of benzene rings is 1. The normalized spacial score (nSPS) is 21.7. The van der Waals surface area contributed by atoms with Gasteiger partial charge in [-0.25, -0.2) is 23.1 Å². The van der Waals surface area contributed by atoms with Gasteiger partial charge in [0.2, 0.25) is 11.8 Å². The largest absolute Gasteiger partial charge is 0.401 e. The van der Waals surface area contributed by atoms with Crippen molar-refractivity contribution in [2.45, 2.75) is 63.2 Å². The van der Waals surface area contributed by atoms with Gasteiger partial charge < -0.3 is 15.1 Å². The molecule has 1 aliphatic carbocycles. The van der Waals surface area contributed by atoms with Crippen molar-refractivity contribution >= 4 is 45.9 Å². The topological polar surface area (TPSA) is 163 Å². The second-order valence-electron chi connectivity index (χ2n) is 17.6. The summed E-state index contributed by atoms with van der Waals surface area (Å²) in [4.78, 5) is 63.7. The second-order valence-corrected chi connectivity index (χ2v) is 17.6. The number of aromatic nitrogens is 7. The predicted molar refractivity (Wildman–Crippen MR) is 232 cm³/mol. The molecule has 1 saturated carbocycles. The number of para-hydroxylation sites is 1. The fourth-order valence-electron chi connectivity index (χ4n) is 9.73. The first-order chi connectivity index (χ1) is 31.7. The zero-order valence-corrected chi connectivity index (χ0v) is 36.3. The Hall–Kier alpha value is -6.18. The summed E-state index contributed by atoms with van der Waals surface area (Å²) in [5.41, 5.74) is 1.21. The molecular weight excluding hydrogens is 870 g/mol. The number of imidazole rings is 1. The molecule has 3 aliphatic heterocycles. The Bertz CT molecular complexity index is 2740. The van der Waals surface area contributed by atoms with Crippen LogP contribution in [-0.4, -0.2) is 144 Å². The van der Waals surface area contributed by atoms with Crippen LogP contribution in [0.15, 0.2) is 47.7 Å². The van der Waals surface area contributed by atoms with Gasteiger partial charge in [-0.05, 0) is 56.2 Å². The van der Waals surface area contributed by atoms with Gasteiger partial charge in [0.05, 0.1) is 47.6 Å². The lowest BCUT2D eigenvalue weighted by Gasteiger charge is -2.37. The molecule has 0 spiro atoms. The average Bonchev–Trinajstić information content (AvgIpc) is 3.98. The maximum Gasteiger partial charge on any atom is 0.401 e. The Morgan fingerprint density at radius 2 is 1.67 bits per heavy atom. The fraction of sp³-hybridized carbons (Fsp3) is 0.523. The van der Waals surface area contributed by atoms with Gasteiger partial charge in [-0.1, -0.05) is 17.9 Å². The highest BCUT2D eigenvalue weighted by Gasteiger charge is 2.34. The first kappa shape index (κ1) is 45.0. The molecule has 0 bridgehead atoms. The first-order valence-corrected chi connectivity index (χ1v) is 22.2. The average molecular weight is 920 g/mol. The summed E-state index contributed by atoms with van der Waals surface area (Å²) in [6, 6.07) is 6.26. The molecule has 1 aromatic carbocycles. The molecule has 1 unspecified atom stereocenters. The maximum atomic E-state index is 14.3. The Morgan fingerprint density at radius 1 is 0.939 bits per heavy atom. The number of aryl methyl sites for hydroxylation is 1. The summed E-state index contributed by atoms with van der Waals surface area (Å²) >= 11 is 0. The molecule has 4 aromatic heterocycles. The molecule has 4 aliphatic rings. The number of imide groups is 1. The number of piperidine rings is 1. The van der Waals surface area contributed by atoms with Gasteiger partial charge >= 0.3 is 11.9 Å². The highest BCUT2D eigenvalue weighted by molar-refractivity contribution is 6.08. The molecule has 3 saturated heterocycles. The molecular formula is C44H50F5N13O4. The second kappa shape index (κ2) is 18.6. The quantitative estimate of drug-likeness (QED) is 0.119. The maximum absolute atomic E-state index is 14.3. The fourth-order valence-corrected chi connectivity index (χ4v) is 9.73. The van der Waals surface area contributed by atoms with Crippen molar-refractivity contribution in [2.75, 3.05) is 82.2 Å². The van der Waals surface area contributed by atoms with Gasteiger partial charge in [0, 0.05) is 84.8 Å². The third-order valence-electron chi connectivity index (χ3n) is 13.2. The minimum Gasteiger partial charge on any atom is -0.354 e. The van der Waals surface area contributed by atoms with E-state index in [0.29, 0.717) is 48.0 Å². The van der Waals surface area contributed by atoms with E-state index in [1.807, 2.05) is 17.0 Å². The first-order valence-electron chi connectivity index (χ1n) is 22.2. The lowest BCUT2D eigenvalue weighted by molar-refractivity contribution is -0.146. The van der Waals surface area contributed by atoms with Gasteiger partial charge in [-0.2, -0.15) is 23.4 Å². The number of hydrogen-bond acceptors (Lipinski definition) is 11. The van der Waals surface area contributed by atoms with Crippen LogP contribution in [0.4, 0.5) is 33.5 Å². The molecule has 66 heavy (non-hydrogen) atoms. The van der Waals surface area contributed by atoms with Crippen LogP contribution in [0.25, 0.3) is 16.7 Å². The Morgan fingerprint density at radius 3 is 2.38 bits per heavy atom. The van der Waals surface area contributed by atoms with Crippen LogP contribution in [0, 0.1) is 17.8 Å². The molecule has 3 amide bonds. The highest BCUT2D eigenvalue weighted by Crippen LogP contribution is 2.36. The molecule has 7 heterocycles. The van der Waals surface area contributed by atoms with Crippen molar-refractivity contribution in [3.05, 3.63) is 70.2 Å². The predicted octanol–water partition coefficient (Wildman–Crippen LogP) is 3.83. The number of nitrogens with one attached hydrogen (secondary N) is 2. The number of halogens is 5. The van der Waals surface area contributed by atoms with E-state index in [2.05, 4.69) is 47.5 Å². The van der Waals surface area contributed by atoms with E-state index in [1.54, 1.807) is 30.1 Å². The van der Waals surface area contributed by atoms with E-state index < -0.39 is 42.7 Å². The van der Waals surface area contributed by atoms with Gasteiger partial charge in [0.25, 0.3) is 12.3 Å². The number of rotatable bonds is 10. The SMILES string of the molecule is Cn1c(=O)n(C2CCC(=O)NC2=O)c2cccc(C#CCN3CCN(CC4CCC(n5cc(NC(=O)c6cnn7ccc(N8CCN(CC(F)(F)F)CC8)nc67)c(C(F)F)n5)CC4)CC3)c21. The summed E-state index contributed by atoms with van der Waals surface area (Å²) in [6.07, 6.45) is 0.856. The number of piperazine rings is 2. The van der Waals surface area contributed by atoms with Crippen LogP contribution in [0.1, 0.15) is 78.6 Å². The minimum atomic E-state index is -4.29. The number of amides is 3. The monoisotopic (exact) mass is 919 g/mol. The van der Waals surface area contributed by atoms with Crippen LogP contribution >= 0.6 is 0 Å². The Kier molecular flexibility index (Phi) is 12.7. The zero-order chi connectivity index (χ0) is 46.3. The van der Waals surface area contributed by atoms with Crippen molar-refractivity contribution in [2.24, 2.45) is 13.0 Å². The summed E-state index contributed by atoms with van der Waals surface area (Å²) in [7, 11) is 1.66. The van der Waals surface area contributed by atoms with E-state index in [4.69, 9.17) is 0 Å². The van der Waals surface area contributed by atoms with Crippen molar-refractivity contribution in [1.29, 1.82) is 0 Å². The molecule has 22 heteroatoms. The molecule has 17 nitrogen and oxygen atoms in total. The van der Waals surface area contributed by atoms with Crippen LogP contribution < -0.4 is 21.2 Å². The number of fused-ring (bicyclic) bond motifs is 2. The third-order valence-corrected chi connectivity index (χ3v) is 13.2. The number of anilines is 2. The van der Waals surface area contributed by atoms with Gasteiger partial charge in [0.15, 0.2) is 11.3 Å². The smallest absolute Gasteiger partial charge is 0.354 e. The lowest BCUT2D eigenvalue weighted by atomic mass is 9.85. The van der Waals surface area contributed by atoms with E-state index in [1.165, 1.54) is 30.9 Å². The number of carbonyl (C=O) groups excluding carboxylic acids is 3. The van der Waals surface area contributed by atoms with Gasteiger partial charge in [0.1, 0.15) is 17.4 Å². The lowest BCUT2D eigenvalue weighted by Crippen LogP contribution is -2.49. The molecule has 0 radical (unpaired) electrons. The Labute approximate surface area is 375 Å². The van der Waals surface area contributed by atoms with Crippen molar-refractivity contribution in [3.63, 3.8) is 0 Å². The summed E-state index contributed by atoms with van der Waals surface area (Å²) in [6.45, 7) is 4.95. The summed E-state index contributed by atoms with van der Waals surface area (Å²) in [5.74, 6) is 5.92. The van der Waals surface area contributed by atoms with Gasteiger partial charge in [-0.3, -0.25) is 43.3 Å². The van der Waals surface area contributed by atoms with E-state index >= 15 is 0 Å². The van der Waals surface area contributed by atoms with E-state index in [0.717, 1.165) is 58.4 Å². The van der Waals surface area contributed by atoms with Crippen molar-refractivity contribution in [3.8, 4) is 11.8 Å². The standard InChI is InChI=1S/C44H50F5N13O4/c1-55-38-29(4-2-6-33(38)62(43(55)66)34-11-12-36(63)53-42(34)65)5-3-14-56-16-18-57(19-17-56)25-28-7-9-30(10-8-28)61-26-32(37(54-61)39(45)46)51-41(64)31-24-50-60-15-13-35(52-40(31)60)59-22-20-58(21-23-59)27-44(47,48)49/h2,4,6,13,15,24,26,28,30,34,39H,7-12,14,16-23,25,27H2,1H3,(H,51,64)(H,53,63,65). The van der Waals surface area contributed by atoms with Gasteiger partial charge in [-0.15, -0.1) is 0 Å². The third kappa shape index (κ3) is 9.55. The molecule has 9 rings (SSSR count). The van der Waals surface area contributed by atoms with Crippen LogP contribution in [0.2, 0.25) is 0 Å². The number of alkyl halides is 5. The van der Waals surface area contributed by atoms with Crippen LogP contribution in [0.5, 0.6) is 0 Å². The Balaban J connectivity index is 0.760. The van der Waals surface area contributed by atoms with E-state index in [9.17, 15) is 41.1 Å². The highest BCUT2D eigenvalue weighted by atomic mass is 19.4. The summed E-state index contributed by atoms with van der Waals surface area (Å²) < 4.78 is 73.2.